The lowest BCUT2D eigenvalue weighted by atomic mass is 10.1. The van der Waals surface area contributed by atoms with Gasteiger partial charge in [-0.3, -0.25) is 3.97 Å². The Balaban J connectivity index is 1.85. The third-order valence-corrected chi connectivity index (χ3v) is 5.29. The van der Waals surface area contributed by atoms with Crippen molar-refractivity contribution in [2.75, 3.05) is 6.54 Å². The molecule has 2 aromatic carbocycles. The van der Waals surface area contributed by atoms with Crippen LogP contribution >= 0.6 is 11.9 Å². The molecule has 0 fully saturated rings. The van der Waals surface area contributed by atoms with E-state index in [4.69, 9.17) is 0 Å². The molecule has 106 valence electrons. The summed E-state index contributed by atoms with van der Waals surface area (Å²) in [7, 11) is 0. The van der Waals surface area contributed by atoms with Crippen LogP contribution in [0.5, 0.6) is 0 Å². The normalized spacial score (nSPS) is 14.3. The maximum absolute atomic E-state index is 3.50. The fourth-order valence-corrected chi connectivity index (χ4v) is 4.03. The lowest BCUT2D eigenvalue weighted by molar-refractivity contribution is 0.701. The zero-order valence-electron chi connectivity index (χ0n) is 12.1. The molecule has 1 aromatic heterocycles. The summed E-state index contributed by atoms with van der Waals surface area (Å²) < 4.78 is 2.34. The van der Waals surface area contributed by atoms with Crippen LogP contribution in [-0.2, 0) is 13.0 Å². The molecule has 21 heavy (non-hydrogen) atoms. The van der Waals surface area contributed by atoms with Crippen molar-refractivity contribution < 1.29 is 0 Å². The minimum absolute atomic E-state index is 0.976. The molecule has 3 aromatic rings. The summed E-state index contributed by atoms with van der Waals surface area (Å²) in [5, 5.41) is 4.95. The highest BCUT2D eigenvalue weighted by Gasteiger charge is 2.15. The first-order chi connectivity index (χ1) is 10.3. The van der Waals surface area contributed by atoms with Gasteiger partial charge in [-0.15, -0.1) is 0 Å². The maximum atomic E-state index is 3.50. The van der Waals surface area contributed by atoms with Crippen LogP contribution in [0.1, 0.15) is 16.7 Å². The highest BCUT2D eigenvalue weighted by Crippen LogP contribution is 2.33. The molecule has 0 aliphatic carbocycles. The predicted octanol–water partition coefficient (Wildman–Crippen LogP) is 4.15. The second-order valence-electron chi connectivity index (χ2n) is 5.57. The van der Waals surface area contributed by atoms with E-state index in [1.807, 2.05) is 11.9 Å². The van der Waals surface area contributed by atoms with Crippen molar-refractivity contribution in [3.05, 3.63) is 65.4 Å². The SMILES string of the molecule is Cc1ccccc1Sn1cc2c3c(cccc31)CNCC2. The molecule has 3 heteroatoms. The van der Waals surface area contributed by atoms with E-state index in [1.165, 1.54) is 32.5 Å². The fourth-order valence-electron chi connectivity index (χ4n) is 3.04. The zero-order chi connectivity index (χ0) is 14.2. The predicted molar refractivity (Wildman–Crippen MR) is 89.8 cm³/mol. The summed E-state index contributed by atoms with van der Waals surface area (Å²) in [6.45, 7) is 4.21. The Morgan fingerprint density at radius 3 is 2.86 bits per heavy atom. The molecule has 0 saturated carbocycles. The molecule has 0 radical (unpaired) electrons. The molecule has 0 saturated heterocycles. The summed E-state index contributed by atoms with van der Waals surface area (Å²) in [5.41, 5.74) is 5.55. The Morgan fingerprint density at radius 1 is 1.05 bits per heavy atom. The smallest absolute Gasteiger partial charge is 0.0600 e. The molecule has 1 N–H and O–H groups in total. The molecule has 0 unspecified atom stereocenters. The molecule has 1 aliphatic heterocycles. The Morgan fingerprint density at radius 2 is 1.95 bits per heavy atom. The van der Waals surface area contributed by atoms with E-state index in [-0.39, 0.29) is 0 Å². The van der Waals surface area contributed by atoms with Crippen LogP contribution in [0.25, 0.3) is 10.9 Å². The summed E-state index contributed by atoms with van der Waals surface area (Å²) >= 11 is 1.82. The number of nitrogens with zero attached hydrogens (tertiary/aromatic N) is 1. The number of aryl methyl sites for hydroxylation is 1. The minimum atomic E-state index is 0.976. The van der Waals surface area contributed by atoms with Gasteiger partial charge in [0.15, 0.2) is 0 Å². The number of hydrogen-bond donors (Lipinski definition) is 1. The van der Waals surface area contributed by atoms with Crippen molar-refractivity contribution in [2.24, 2.45) is 0 Å². The van der Waals surface area contributed by atoms with Gasteiger partial charge in [-0.1, -0.05) is 30.3 Å². The van der Waals surface area contributed by atoms with Crippen LogP contribution < -0.4 is 5.32 Å². The van der Waals surface area contributed by atoms with Crippen molar-refractivity contribution in [1.82, 2.24) is 9.29 Å². The topological polar surface area (TPSA) is 17.0 Å². The van der Waals surface area contributed by atoms with Gasteiger partial charge in [0.05, 0.1) is 5.52 Å². The molecule has 0 spiro atoms. The van der Waals surface area contributed by atoms with E-state index in [1.54, 1.807) is 0 Å². The molecular weight excluding hydrogens is 276 g/mol. The Hall–Kier alpha value is -1.71. The maximum Gasteiger partial charge on any atom is 0.0600 e. The largest absolute Gasteiger partial charge is 0.312 e. The summed E-state index contributed by atoms with van der Waals surface area (Å²) in [6, 6.07) is 15.2. The van der Waals surface area contributed by atoms with Gasteiger partial charge in [0.2, 0.25) is 0 Å². The average Bonchev–Trinajstić information content (AvgIpc) is 2.71. The first-order valence-electron chi connectivity index (χ1n) is 7.39. The van der Waals surface area contributed by atoms with Crippen LogP contribution in [0.4, 0.5) is 0 Å². The summed E-state index contributed by atoms with van der Waals surface area (Å²) in [5.74, 6) is 0. The van der Waals surface area contributed by atoms with E-state index in [2.05, 4.69) is 64.9 Å². The van der Waals surface area contributed by atoms with E-state index < -0.39 is 0 Å². The summed E-state index contributed by atoms with van der Waals surface area (Å²) in [4.78, 5) is 1.32. The molecule has 0 bridgehead atoms. The molecular formula is C18H18N2S. The van der Waals surface area contributed by atoms with Crippen molar-refractivity contribution in [3.63, 3.8) is 0 Å². The van der Waals surface area contributed by atoms with Crippen molar-refractivity contribution in [2.45, 2.75) is 24.8 Å². The van der Waals surface area contributed by atoms with E-state index in [0.29, 0.717) is 0 Å². The van der Waals surface area contributed by atoms with Crippen LogP contribution in [0.3, 0.4) is 0 Å². The molecule has 4 rings (SSSR count). The standard InChI is InChI=1S/C18H18N2S/c1-13-5-2-3-8-17(13)21-20-12-15-9-10-19-11-14-6-4-7-16(20)18(14)15/h2-8,12,19H,9-11H2,1H3. The Labute approximate surface area is 129 Å². The van der Waals surface area contributed by atoms with E-state index in [9.17, 15) is 0 Å². The number of rotatable bonds is 2. The zero-order valence-corrected chi connectivity index (χ0v) is 12.9. The van der Waals surface area contributed by atoms with E-state index >= 15 is 0 Å². The fraction of sp³-hybridized carbons (Fsp3) is 0.222. The lowest BCUT2D eigenvalue weighted by Gasteiger charge is -2.08. The van der Waals surface area contributed by atoms with Crippen molar-refractivity contribution in [3.8, 4) is 0 Å². The van der Waals surface area contributed by atoms with Gasteiger partial charge in [-0.05, 0) is 60.7 Å². The summed E-state index contributed by atoms with van der Waals surface area (Å²) in [6.07, 6.45) is 3.42. The van der Waals surface area contributed by atoms with Crippen LogP contribution in [0.2, 0.25) is 0 Å². The van der Waals surface area contributed by atoms with Crippen LogP contribution in [0.15, 0.2) is 53.6 Å². The van der Waals surface area contributed by atoms with Crippen LogP contribution in [0, 0.1) is 6.92 Å². The third-order valence-electron chi connectivity index (χ3n) is 4.14. The van der Waals surface area contributed by atoms with Gasteiger partial charge in [0.1, 0.15) is 0 Å². The van der Waals surface area contributed by atoms with Gasteiger partial charge >= 0.3 is 0 Å². The number of aromatic nitrogens is 1. The second-order valence-corrected chi connectivity index (χ2v) is 6.59. The van der Waals surface area contributed by atoms with E-state index in [0.717, 1.165) is 19.5 Å². The molecule has 2 heterocycles. The first-order valence-corrected chi connectivity index (χ1v) is 8.17. The molecule has 0 atom stereocenters. The number of benzene rings is 2. The number of hydrogen-bond acceptors (Lipinski definition) is 2. The van der Waals surface area contributed by atoms with Gasteiger partial charge in [0, 0.05) is 23.0 Å². The minimum Gasteiger partial charge on any atom is -0.312 e. The highest BCUT2D eigenvalue weighted by molar-refractivity contribution is 7.98. The van der Waals surface area contributed by atoms with Crippen molar-refractivity contribution >= 4 is 22.9 Å². The quantitative estimate of drug-likeness (QED) is 0.764. The monoisotopic (exact) mass is 294 g/mol. The average molecular weight is 294 g/mol. The van der Waals surface area contributed by atoms with Crippen molar-refractivity contribution in [1.29, 1.82) is 0 Å². The molecule has 1 aliphatic rings. The van der Waals surface area contributed by atoms with Gasteiger partial charge in [-0.25, -0.2) is 0 Å². The Bertz CT molecular complexity index is 804. The van der Waals surface area contributed by atoms with Gasteiger partial charge in [0.25, 0.3) is 0 Å². The lowest BCUT2D eigenvalue weighted by Crippen LogP contribution is -2.13. The molecule has 0 amide bonds. The Kier molecular flexibility index (Phi) is 3.24. The van der Waals surface area contributed by atoms with Gasteiger partial charge in [-0.2, -0.15) is 0 Å². The van der Waals surface area contributed by atoms with Crippen LogP contribution in [-0.4, -0.2) is 10.5 Å². The second kappa shape index (κ2) is 5.24. The van der Waals surface area contributed by atoms with Gasteiger partial charge < -0.3 is 5.32 Å². The highest BCUT2D eigenvalue weighted by atomic mass is 32.2. The first kappa shape index (κ1) is 13.0. The third kappa shape index (κ3) is 2.27. The molecule has 2 nitrogen and oxygen atoms in total. The number of nitrogens with one attached hydrogen (secondary N) is 1.